The summed E-state index contributed by atoms with van der Waals surface area (Å²) < 4.78 is 5.29. The highest BCUT2D eigenvalue weighted by molar-refractivity contribution is 7.99. The first-order valence-corrected chi connectivity index (χ1v) is 8.91. The standard InChI is InChI=1S/C18H21N3O2S/c1-12-3-5-16(13(2)11-12)24-17-6-4-15(20-21-17)18(22)19-14-7-9-23-10-8-14/h3-6,11,14H,7-10H2,1-2H3,(H,19,22). The van der Waals surface area contributed by atoms with Gasteiger partial charge in [-0.2, -0.15) is 0 Å². The molecule has 1 amide bonds. The summed E-state index contributed by atoms with van der Waals surface area (Å²) >= 11 is 1.56. The van der Waals surface area contributed by atoms with Crippen LogP contribution in [0.5, 0.6) is 0 Å². The molecule has 5 nitrogen and oxygen atoms in total. The minimum absolute atomic E-state index is 0.164. The third-order valence-electron chi connectivity index (χ3n) is 3.97. The van der Waals surface area contributed by atoms with E-state index in [1.807, 2.05) is 6.07 Å². The van der Waals surface area contributed by atoms with Crippen molar-refractivity contribution in [2.75, 3.05) is 13.2 Å². The first kappa shape index (κ1) is 16.9. The molecule has 0 aliphatic carbocycles. The van der Waals surface area contributed by atoms with Gasteiger partial charge in [0.05, 0.1) is 0 Å². The lowest BCUT2D eigenvalue weighted by molar-refractivity contribution is 0.0693. The summed E-state index contributed by atoms with van der Waals surface area (Å²) in [5.74, 6) is -0.169. The van der Waals surface area contributed by atoms with Crippen LogP contribution >= 0.6 is 11.8 Å². The molecule has 0 atom stereocenters. The molecule has 3 rings (SSSR count). The van der Waals surface area contributed by atoms with Crippen molar-refractivity contribution >= 4 is 17.7 Å². The maximum atomic E-state index is 12.2. The van der Waals surface area contributed by atoms with Crippen molar-refractivity contribution in [2.24, 2.45) is 0 Å². The number of amides is 1. The Morgan fingerprint density at radius 1 is 1.17 bits per heavy atom. The smallest absolute Gasteiger partial charge is 0.272 e. The van der Waals surface area contributed by atoms with E-state index >= 15 is 0 Å². The lowest BCUT2D eigenvalue weighted by atomic mass is 10.1. The van der Waals surface area contributed by atoms with E-state index in [-0.39, 0.29) is 11.9 Å². The number of aryl methyl sites for hydroxylation is 2. The van der Waals surface area contributed by atoms with Gasteiger partial charge in [-0.05, 0) is 50.5 Å². The van der Waals surface area contributed by atoms with Crippen LogP contribution in [-0.2, 0) is 4.74 Å². The number of aromatic nitrogens is 2. The largest absolute Gasteiger partial charge is 0.381 e. The highest BCUT2D eigenvalue weighted by Crippen LogP contribution is 2.28. The topological polar surface area (TPSA) is 64.1 Å². The van der Waals surface area contributed by atoms with Gasteiger partial charge in [0.1, 0.15) is 5.03 Å². The van der Waals surface area contributed by atoms with Crippen LogP contribution in [0.3, 0.4) is 0 Å². The van der Waals surface area contributed by atoms with Crippen molar-refractivity contribution in [3.63, 3.8) is 0 Å². The molecular weight excluding hydrogens is 322 g/mol. The Morgan fingerprint density at radius 2 is 1.96 bits per heavy atom. The number of carbonyl (C=O) groups is 1. The second-order valence-corrected chi connectivity index (χ2v) is 7.05. The van der Waals surface area contributed by atoms with Crippen molar-refractivity contribution in [2.45, 2.75) is 42.7 Å². The van der Waals surface area contributed by atoms with Gasteiger partial charge in [-0.15, -0.1) is 10.2 Å². The van der Waals surface area contributed by atoms with E-state index in [4.69, 9.17) is 4.74 Å². The summed E-state index contributed by atoms with van der Waals surface area (Å²) in [4.78, 5) is 13.4. The summed E-state index contributed by atoms with van der Waals surface area (Å²) in [7, 11) is 0. The van der Waals surface area contributed by atoms with Gasteiger partial charge >= 0.3 is 0 Å². The fraction of sp³-hybridized carbons (Fsp3) is 0.389. The Labute approximate surface area is 146 Å². The zero-order chi connectivity index (χ0) is 16.9. The van der Waals surface area contributed by atoms with Crippen molar-refractivity contribution in [1.29, 1.82) is 0 Å². The van der Waals surface area contributed by atoms with Crippen LogP contribution in [0.15, 0.2) is 40.3 Å². The highest BCUT2D eigenvalue weighted by Gasteiger charge is 2.18. The molecule has 0 spiro atoms. The minimum Gasteiger partial charge on any atom is -0.381 e. The Balaban J connectivity index is 1.63. The van der Waals surface area contributed by atoms with Crippen LogP contribution in [-0.4, -0.2) is 35.4 Å². The number of ether oxygens (including phenoxy) is 1. The van der Waals surface area contributed by atoms with E-state index in [1.165, 1.54) is 11.1 Å². The quantitative estimate of drug-likeness (QED) is 0.924. The molecular formula is C18H21N3O2S. The number of nitrogens with one attached hydrogen (secondary N) is 1. The van der Waals surface area contributed by atoms with Crippen molar-refractivity contribution in [3.05, 3.63) is 47.2 Å². The van der Waals surface area contributed by atoms with Crippen molar-refractivity contribution in [3.8, 4) is 0 Å². The predicted molar refractivity (Wildman–Crippen MR) is 93.4 cm³/mol. The molecule has 0 bridgehead atoms. The first-order valence-electron chi connectivity index (χ1n) is 8.09. The molecule has 0 saturated carbocycles. The molecule has 0 radical (unpaired) electrons. The van der Waals surface area contributed by atoms with Crippen molar-refractivity contribution < 1.29 is 9.53 Å². The van der Waals surface area contributed by atoms with E-state index in [0.717, 1.165) is 22.8 Å². The molecule has 1 aromatic heterocycles. The highest BCUT2D eigenvalue weighted by atomic mass is 32.2. The summed E-state index contributed by atoms with van der Waals surface area (Å²) in [6.07, 6.45) is 1.69. The minimum atomic E-state index is -0.169. The number of hydrogen-bond donors (Lipinski definition) is 1. The van der Waals surface area contributed by atoms with E-state index in [0.29, 0.717) is 18.9 Å². The van der Waals surface area contributed by atoms with Crippen LogP contribution < -0.4 is 5.32 Å². The van der Waals surface area contributed by atoms with E-state index in [2.05, 4.69) is 47.6 Å². The van der Waals surface area contributed by atoms with Gasteiger partial charge in [0.15, 0.2) is 5.69 Å². The lowest BCUT2D eigenvalue weighted by Gasteiger charge is -2.22. The number of nitrogens with zero attached hydrogens (tertiary/aromatic N) is 2. The number of benzene rings is 1. The maximum absolute atomic E-state index is 12.2. The Hall–Kier alpha value is -1.92. The zero-order valence-electron chi connectivity index (χ0n) is 13.9. The van der Waals surface area contributed by atoms with Crippen LogP contribution in [0, 0.1) is 13.8 Å². The average molecular weight is 343 g/mol. The van der Waals surface area contributed by atoms with Gasteiger partial charge in [0.2, 0.25) is 0 Å². The molecule has 0 unspecified atom stereocenters. The van der Waals surface area contributed by atoms with Gasteiger partial charge in [-0.3, -0.25) is 4.79 Å². The molecule has 1 saturated heterocycles. The second-order valence-electron chi connectivity index (χ2n) is 5.99. The molecule has 1 aromatic carbocycles. The van der Waals surface area contributed by atoms with Gasteiger partial charge in [0, 0.05) is 24.2 Å². The number of rotatable bonds is 4. The molecule has 1 aliphatic rings. The molecule has 1 N–H and O–H groups in total. The fourth-order valence-corrected chi connectivity index (χ4v) is 3.42. The molecule has 2 heterocycles. The van der Waals surface area contributed by atoms with E-state index in [1.54, 1.807) is 17.8 Å². The van der Waals surface area contributed by atoms with E-state index in [9.17, 15) is 4.79 Å². The number of carbonyl (C=O) groups excluding carboxylic acids is 1. The van der Waals surface area contributed by atoms with Gasteiger partial charge in [0.25, 0.3) is 5.91 Å². The summed E-state index contributed by atoms with van der Waals surface area (Å²) in [6.45, 7) is 5.55. The fourth-order valence-electron chi connectivity index (χ4n) is 2.62. The van der Waals surface area contributed by atoms with Crippen molar-refractivity contribution in [1.82, 2.24) is 15.5 Å². The lowest BCUT2D eigenvalue weighted by Crippen LogP contribution is -2.39. The molecule has 2 aromatic rings. The monoisotopic (exact) mass is 343 g/mol. The third-order valence-corrected chi connectivity index (χ3v) is 5.08. The van der Waals surface area contributed by atoms with Gasteiger partial charge in [-0.25, -0.2) is 0 Å². The zero-order valence-corrected chi connectivity index (χ0v) is 14.7. The first-order chi connectivity index (χ1) is 11.6. The maximum Gasteiger partial charge on any atom is 0.272 e. The third kappa shape index (κ3) is 4.33. The molecule has 24 heavy (non-hydrogen) atoms. The van der Waals surface area contributed by atoms with Crippen LogP contribution in [0.25, 0.3) is 0 Å². The molecule has 1 fully saturated rings. The Kier molecular flexibility index (Phi) is 5.48. The molecule has 126 valence electrons. The van der Waals surface area contributed by atoms with E-state index < -0.39 is 0 Å². The Bertz CT molecular complexity index is 713. The number of hydrogen-bond acceptors (Lipinski definition) is 5. The van der Waals surface area contributed by atoms with Crippen LogP contribution in [0.2, 0.25) is 0 Å². The average Bonchev–Trinajstić information content (AvgIpc) is 2.59. The van der Waals surface area contributed by atoms with Crippen LogP contribution in [0.4, 0.5) is 0 Å². The molecule has 6 heteroatoms. The summed E-state index contributed by atoms with van der Waals surface area (Å²) in [6, 6.07) is 10.0. The van der Waals surface area contributed by atoms with Gasteiger partial charge in [-0.1, -0.05) is 29.5 Å². The summed E-state index contributed by atoms with van der Waals surface area (Å²) in [5, 5.41) is 12.0. The molecule has 1 aliphatic heterocycles. The predicted octanol–water partition coefficient (Wildman–Crippen LogP) is 3.15. The normalized spacial score (nSPS) is 15.2. The summed E-state index contributed by atoms with van der Waals surface area (Å²) in [5.41, 5.74) is 2.80. The van der Waals surface area contributed by atoms with Gasteiger partial charge < -0.3 is 10.1 Å². The second kappa shape index (κ2) is 7.77. The van der Waals surface area contributed by atoms with Crippen LogP contribution in [0.1, 0.15) is 34.5 Å². The Morgan fingerprint density at radius 3 is 2.62 bits per heavy atom. The SMILES string of the molecule is Cc1ccc(Sc2ccc(C(=O)NC3CCOCC3)nn2)c(C)c1.